The minimum absolute atomic E-state index is 0.0187. The molecule has 0 saturated carbocycles. The van der Waals surface area contributed by atoms with E-state index in [0.717, 1.165) is 25.7 Å². The molecule has 0 aromatic heterocycles. The van der Waals surface area contributed by atoms with Gasteiger partial charge in [0.2, 0.25) is 5.91 Å². The van der Waals surface area contributed by atoms with Crippen molar-refractivity contribution in [1.82, 2.24) is 4.90 Å². The molecular weight excluding hydrogens is 218 g/mol. The summed E-state index contributed by atoms with van der Waals surface area (Å²) in [5, 5.41) is 0. The highest BCUT2D eigenvalue weighted by Crippen LogP contribution is 2.02. The van der Waals surface area contributed by atoms with E-state index < -0.39 is 0 Å². The normalized spacial score (nSPS) is 9.76. The van der Waals surface area contributed by atoms with Crippen LogP contribution in [0.4, 0.5) is 0 Å². The fourth-order valence-corrected chi connectivity index (χ4v) is 1.49. The van der Waals surface area contributed by atoms with E-state index in [-0.39, 0.29) is 18.4 Å². The molecule has 0 saturated heterocycles. The van der Waals surface area contributed by atoms with Crippen LogP contribution < -0.4 is 0 Å². The van der Waals surface area contributed by atoms with Gasteiger partial charge in [-0.3, -0.25) is 9.59 Å². The quantitative estimate of drug-likeness (QED) is 0.353. The van der Waals surface area contributed by atoms with E-state index in [1.165, 1.54) is 11.0 Å². The monoisotopic (exact) mass is 241 g/mol. The van der Waals surface area contributed by atoms with Crippen molar-refractivity contribution < 1.29 is 14.3 Å². The number of hydrogen-bond donors (Lipinski definition) is 0. The van der Waals surface area contributed by atoms with Crippen molar-refractivity contribution in [2.45, 2.75) is 39.5 Å². The second kappa shape index (κ2) is 9.87. The van der Waals surface area contributed by atoms with Gasteiger partial charge < -0.3 is 9.64 Å². The number of carbonyl (C=O) groups excluding carboxylic acids is 2. The van der Waals surface area contributed by atoms with Crippen LogP contribution in [-0.2, 0) is 14.3 Å². The number of carbonyl (C=O) groups is 2. The highest BCUT2D eigenvalue weighted by atomic mass is 16.5. The van der Waals surface area contributed by atoms with Gasteiger partial charge in [0.25, 0.3) is 0 Å². The number of hydrogen-bond acceptors (Lipinski definition) is 3. The van der Waals surface area contributed by atoms with Gasteiger partial charge in [0.15, 0.2) is 0 Å². The van der Waals surface area contributed by atoms with E-state index >= 15 is 0 Å². The zero-order valence-corrected chi connectivity index (χ0v) is 10.9. The van der Waals surface area contributed by atoms with Crippen LogP contribution in [0, 0.1) is 0 Å². The van der Waals surface area contributed by atoms with Crippen LogP contribution in [-0.4, -0.2) is 36.5 Å². The molecule has 0 spiro atoms. The van der Waals surface area contributed by atoms with Gasteiger partial charge in [-0.05, 0) is 19.4 Å². The molecule has 0 fully saturated rings. The molecule has 0 aliphatic rings. The Morgan fingerprint density at radius 3 is 2.47 bits per heavy atom. The van der Waals surface area contributed by atoms with Crippen LogP contribution in [0.25, 0.3) is 0 Å². The molecule has 0 heterocycles. The van der Waals surface area contributed by atoms with Crippen LogP contribution >= 0.6 is 0 Å². The van der Waals surface area contributed by atoms with Gasteiger partial charge in [-0.1, -0.05) is 32.8 Å². The number of rotatable bonds is 9. The lowest BCUT2D eigenvalue weighted by atomic mass is 10.2. The number of esters is 1. The molecule has 0 aliphatic carbocycles. The Bertz CT molecular complexity index is 251. The lowest BCUT2D eigenvalue weighted by Gasteiger charge is -2.19. The Morgan fingerprint density at radius 2 is 1.94 bits per heavy atom. The maximum absolute atomic E-state index is 11.5. The van der Waals surface area contributed by atoms with Crippen molar-refractivity contribution in [1.29, 1.82) is 0 Å². The summed E-state index contributed by atoms with van der Waals surface area (Å²) in [5.41, 5.74) is 0. The summed E-state index contributed by atoms with van der Waals surface area (Å²) in [7, 11) is 0. The highest BCUT2D eigenvalue weighted by molar-refractivity contribution is 5.89. The Hall–Kier alpha value is -1.32. The molecule has 0 rings (SSSR count). The molecule has 0 aromatic carbocycles. The molecule has 0 bridgehead atoms. The molecule has 98 valence electrons. The molecule has 0 N–H and O–H groups in total. The number of unbranched alkanes of at least 4 members (excludes halogenated alkanes) is 3. The van der Waals surface area contributed by atoms with Gasteiger partial charge in [0.05, 0.1) is 6.61 Å². The average Bonchev–Trinajstić information content (AvgIpc) is 2.32. The minimum atomic E-state index is -0.363. The summed E-state index contributed by atoms with van der Waals surface area (Å²) in [4.78, 5) is 24.3. The van der Waals surface area contributed by atoms with Crippen LogP contribution in [0.1, 0.15) is 39.5 Å². The standard InChI is InChI=1S/C13H23NO3/c1-4-7-8-9-10-14(12(15)5-2)11-13(16)17-6-3/h5H,2,4,6-11H2,1,3H3. The van der Waals surface area contributed by atoms with Crippen LogP contribution in [0.3, 0.4) is 0 Å². The van der Waals surface area contributed by atoms with Crippen molar-refractivity contribution in [3.05, 3.63) is 12.7 Å². The Balaban J connectivity index is 4.09. The molecule has 4 heteroatoms. The van der Waals surface area contributed by atoms with Crippen molar-refractivity contribution in [3.63, 3.8) is 0 Å². The molecule has 0 aliphatic heterocycles. The first kappa shape index (κ1) is 15.7. The number of nitrogens with zero attached hydrogens (tertiary/aromatic N) is 1. The third-order valence-electron chi connectivity index (χ3n) is 2.39. The summed E-state index contributed by atoms with van der Waals surface area (Å²) in [6.07, 6.45) is 5.51. The Kier molecular flexibility index (Phi) is 9.11. The van der Waals surface area contributed by atoms with E-state index in [2.05, 4.69) is 13.5 Å². The van der Waals surface area contributed by atoms with Crippen molar-refractivity contribution in [3.8, 4) is 0 Å². The molecule has 1 amide bonds. The Labute approximate surface area is 104 Å². The number of ether oxygens (including phenoxy) is 1. The summed E-state index contributed by atoms with van der Waals surface area (Å²) in [6, 6.07) is 0. The zero-order valence-electron chi connectivity index (χ0n) is 10.9. The van der Waals surface area contributed by atoms with E-state index in [9.17, 15) is 9.59 Å². The molecular formula is C13H23NO3. The van der Waals surface area contributed by atoms with Crippen molar-refractivity contribution >= 4 is 11.9 Å². The van der Waals surface area contributed by atoms with Crippen molar-refractivity contribution in [2.75, 3.05) is 19.7 Å². The molecule has 0 unspecified atom stereocenters. The predicted octanol–water partition coefficient (Wildman–Crippen LogP) is 2.14. The largest absolute Gasteiger partial charge is 0.465 e. The summed E-state index contributed by atoms with van der Waals surface area (Å²) < 4.78 is 4.83. The molecule has 0 radical (unpaired) electrons. The van der Waals surface area contributed by atoms with Gasteiger partial charge in [0.1, 0.15) is 6.54 Å². The molecule has 17 heavy (non-hydrogen) atoms. The summed E-state index contributed by atoms with van der Waals surface area (Å²) in [6.45, 7) is 8.26. The van der Waals surface area contributed by atoms with Gasteiger partial charge in [-0.15, -0.1) is 0 Å². The average molecular weight is 241 g/mol. The fourth-order valence-electron chi connectivity index (χ4n) is 1.49. The second-order valence-electron chi connectivity index (χ2n) is 3.83. The zero-order chi connectivity index (χ0) is 13.1. The topological polar surface area (TPSA) is 46.6 Å². The SMILES string of the molecule is C=CC(=O)N(CCCCCC)CC(=O)OCC. The smallest absolute Gasteiger partial charge is 0.325 e. The first-order valence-electron chi connectivity index (χ1n) is 6.22. The second-order valence-corrected chi connectivity index (χ2v) is 3.83. The first-order valence-corrected chi connectivity index (χ1v) is 6.22. The number of amides is 1. The fraction of sp³-hybridized carbons (Fsp3) is 0.692. The summed E-state index contributed by atoms with van der Waals surface area (Å²) >= 11 is 0. The maximum Gasteiger partial charge on any atom is 0.325 e. The lowest BCUT2D eigenvalue weighted by Crippen LogP contribution is -2.36. The predicted molar refractivity (Wildman–Crippen MR) is 67.6 cm³/mol. The van der Waals surface area contributed by atoms with Crippen LogP contribution in [0.2, 0.25) is 0 Å². The minimum Gasteiger partial charge on any atom is -0.465 e. The highest BCUT2D eigenvalue weighted by Gasteiger charge is 2.14. The third kappa shape index (κ3) is 7.55. The first-order chi connectivity index (χ1) is 8.15. The van der Waals surface area contributed by atoms with Crippen LogP contribution in [0.15, 0.2) is 12.7 Å². The molecule has 0 atom stereocenters. The Morgan fingerprint density at radius 1 is 1.24 bits per heavy atom. The summed E-state index contributed by atoms with van der Waals surface area (Å²) in [5.74, 6) is -0.576. The van der Waals surface area contributed by atoms with Gasteiger partial charge >= 0.3 is 5.97 Å². The van der Waals surface area contributed by atoms with E-state index in [1.807, 2.05) is 0 Å². The van der Waals surface area contributed by atoms with E-state index in [1.54, 1.807) is 6.92 Å². The molecule has 4 nitrogen and oxygen atoms in total. The van der Waals surface area contributed by atoms with Crippen LogP contribution in [0.5, 0.6) is 0 Å². The lowest BCUT2D eigenvalue weighted by molar-refractivity contribution is -0.147. The third-order valence-corrected chi connectivity index (χ3v) is 2.39. The maximum atomic E-state index is 11.5. The van der Waals surface area contributed by atoms with Gasteiger partial charge in [-0.25, -0.2) is 0 Å². The molecule has 0 aromatic rings. The van der Waals surface area contributed by atoms with Crippen molar-refractivity contribution in [2.24, 2.45) is 0 Å². The van der Waals surface area contributed by atoms with E-state index in [0.29, 0.717) is 13.2 Å². The van der Waals surface area contributed by atoms with Gasteiger partial charge in [-0.2, -0.15) is 0 Å². The van der Waals surface area contributed by atoms with E-state index in [4.69, 9.17) is 4.74 Å². The van der Waals surface area contributed by atoms with Gasteiger partial charge in [0, 0.05) is 6.54 Å².